The van der Waals surface area contributed by atoms with Crippen molar-refractivity contribution in [2.45, 2.75) is 26.1 Å². The van der Waals surface area contributed by atoms with Gasteiger partial charge in [0.25, 0.3) is 0 Å². The van der Waals surface area contributed by atoms with E-state index in [1.165, 1.54) is 0 Å². The molecule has 4 rings (SSSR count). The standard InChI is InChI=1S/C19H18ClN3O3/c1-11-8-23(9-12(2)25-11)18-14(10-24)6-15-17(13-4-3-5-21-7-13)22-26-19(15)16(18)20/h3-7,10-12H,8-9H2,1-2H3/t11-,12+. The monoisotopic (exact) mass is 371 g/mol. The third-order valence-electron chi connectivity index (χ3n) is 4.51. The molecule has 0 unspecified atom stereocenters. The zero-order valence-corrected chi connectivity index (χ0v) is 15.2. The van der Waals surface area contributed by atoms with Crippen molar-refractivity contribution in [3.05, 3.63) is 41.2 Å². The van der Waals surface area contributed by atoms with Crippen LogP contribution < -0.4 is 4.90 Å². The van der Waals surface area contributed by atoms with Gasteiger partial charge in [-0.25, -0.2) is 0 Å². The molecule has 1 aromatic carbocycles. The van der Waals surface area contributed by atoms with Crippen LogP contribution in [0.2, 0.25) is 5.02 Å². The average molecular weight is 372 g/mol. The first-order chi connectivity index (χ1) is 12.6. The summed E-state index contributed by atoms with van der Waals surface area (Å²) >= 11 is 6.66. The van der Waals surface area contributed by atoms with Crippen molar-refractivity contribution in [3.8, 4) is 11.3 Å². The van der Waals surface area contributed by atoms with Gasteiger partial charge in [0.2, 0.25) is 0 Å². The van der Waals surface area contributed by atoms with E-state index in [1.54, 1.807) is 18.5 Å². The zero-order valence-electron chi connectivity index (χ0n) is 14.5. The molecule has 3 aromatic rings. The number of aldehydes is 1. The molecule has 0 amide bonds. The van der Waals surface area contributed by atoms with Crippen LogP contribution in [0, 0.1) is 0 Å². The fourth-order valence-electron chi connectivity index (χ4n) is 3.53. The lowest BCUT2D eigenvalue weighted by Gasteiger charge is -2.37. The van der Waals surface area contributed by atoms with Crippen molar-refractivity contribution in [2.24, 2.45) is 0 Å². The quantitative estimate of drug-likeness (QED) is 0.649. The molecular formula is C19H18ClN3O3. The average Bonchev–Trinajstić information content (AvgIpc) is 3.05. The van der Waals surface area contributed by atoms with Crippen LogP contribution in [-0.2, 0) is 4.74 Å². The summed E-state index contributed by atoms with van der Waals surface area (Å²) in [7, 11) is 0. The van der Waals surface area contributed by atoms with Gasteiger partial charge in [-0.05, 0) is 32.0 Å². The van der Waals surface area contributed by atoms with E-state index in [0.29, 0.717) is 46.0 Å². The molecule has 2 atom stereocenters. The lowest BCUT2D eigenvalue weighted by atomic mass is 10.0. The lowest BCUT2D eigenvalue weighted by Crippen LogP contribution is -2.46. The Balaban J connectivity index is 1.88. The number of carbonyl (C=O) groups is 1. The number of ether oxygens (including phenoxy) is 1. The van der Waals surface area contributed by atoms with Gasteiger partial charge in [-0.2, -0.15) is 0 Å². The summed E-state index contributed by atoms with van der Waals surface area (Å²) in [6.45, 7) is 5.31. The molecule has 0 aliphatic carbocycles. The Bertz CT molecular complexity index is 948. The Morgan fingerprint density at radius 1 is 1.31 bits per heavy atom. The van der Waals surface area contributed by atoms with Gasteiger partial charge < -0.3 is 14.2 Å². The number of pyridine rings is 1. The SMILES string of the molecule is C[C@@H]1CN(c2c(C=O)cc3c(-c4cccnc4)noc3c2Cl)C[C@H](C)O1. The van der Waals surface area contributed by atoms with Gasteiger partial charge in [0.1, 0.15) is 10.7 Å². The minimum atomic E-state index is 0.0469. The molecule has 0 spiro atoms. The first kappa shape index (κ1) is 17.0. The minimum Gasteiger partial charge on any atom is -0.372 e. The molecular weight excluding hydrogens is 354 g/mol. The van der Waals surface area contributed by atoms with E-state index in [-0.39, 0.29) is 12.2 Å². The van der Waals surface area contributed by atoms with Crippen LogP contribution in [0.15, 0.2) is 35.1 Å². The van der Waals surface area contributed by atoms with Crippen LogP contribution in [0.25, 0.3) is 22.2 Å². The summed E-state index contributed by atoms with van der Waals surface area (Å²) in [6.07, 6.45) is 4.31. The van der Waals surface area contributed by atoms with Gasteiger partial charge in [-0.15, -0.1) is 0 Å². The molecule has 0 bridgehead atoms. The predicted molar refractivity (Wildman–Crippen MR) is 99.9 cm³/mol. The van der Waals surface area contributed by atoms with E-state index in [2.05, 4.69) is 15.0 Å². The molecule has 1 aliphatic heterocycles. The normalized spacial score (nSPS) is 20.5. The first-order valence-electron chi connectivity index (χ1n) is 8.46. The van der Waals surface area contributed by atoms with E-state index >= 15 is 0 Å². The van der Waals surface area contributed by atoms with Crippen LogP contribution in [-0.4, -0.2) is 41.7 Å². The van der Waals surface area contributed by atoms with Crippen molar-refractivity contribution in [1.82, 2.24) is 10.1 Å². The van der Waals surface area contributed by atoms with Gasteiger partial charge in [0.05, 0.1) is 23.3 Å². The number of benzene rings is 1. The second-order valence-electron chi connectivity index (χ2n) is 6.56. The van der Waals surface area contributed by atoms with Crippen molar-refractivity contribution in [3.63, 3.8) is 0 Å². The van der Waals surface area contributed by atoms with Crippen LogP contribution in [0.4, 0.5) is 5.69 Å². The third-order valence-corrected chi connectivity index (χ3v) is 4.86. The van der Waals surface area contributed by atoms with Crippen LogP contribution in [0.5, 0.6) is 0 Å². The van der Waals surface area contributed by atoms with Crippen LogP contribution >= 0.6 is 11.6 Å². The summed E-state index contributed by atoms with van der Waals surface area (Å²) in [5.41, 5.74) is 3.08. The number of rotatable bonds is 3. The maximum absolute atomic E-state index is 11.8. The Morgan fingerprint density at radius 2 is 2.08 bits per heavy atom. The smallest absolute Gasteiger partial charge is 0.188 e. The molecule has 3 heterocycles. The number of morpholine rings is 1. The first-order valence-corrected chi connectivity index (χ1v) is 8.84. The molecule has 0 radical (unpaired) electrons. The highest BCUT2D eigenvalue weighted by atomic mass is 35.5. The number of aromatic nitrogens is 2. The zero-order chi connectivity index (χ0) is 18.3. The van der Waals surface area contributed by atoms with E-state index in [4.69, 9.17) is 20.9 Å². The molecule has 0 saturated carbocycles. The topological polar surface area (TPSA) is 68.5 Å². The molecule has 6 nitrogen and oxygen atoms in total. The van der Waals surface area contributed by atoms with Crippen molar-refractivity contribution >= 4 is 34.5 Å². The molecule has 1 fully saturated rings. The van der Waals surface area contributed by atoms with Crippen LogP contribution in [0.3, 0.4) is 0 Å². The Labute approximate surface area is 155 Å². The molecule has 26 heavy (non-hydrogen) atoms. The highest BCUT2D eigenvalue weighted by Gasteiger charge is 2.28. The number of anilines is 1. The van der Waals surface area contributed by atoms with Gasteiger partial charge in [-0.3, -0.25) is 9.78 Å². The summed E-state index contributed by atoms with van der Waals surface area (Å²) in [5.74, 6) is 0. The second-order valence-corrected chi connectivity index (χ2v) is 6.94. The molecule has 2 aromatic heterocycles. The maximum Gasteiger partial charge on any atom is 0.188 e. The third kappa shape index (κ3) is 2.85. The predicted octanol–water partition coefficient (Wildman–Crippen LogP) is 3.97. The Hall–Kier alpha value is -2.44. The number of nitrogens with zero attached hydrogens (tertiary/aromatic N) is 3. The highest BCUT2D eigenvalue weighted by molar-refractivity contribution is 6.38. The second kappa shape index (κ2) is 6.70. The fraction of sp³-hybridized carbons (Fsp3) is 0.316. The molecule has 1 aliphatic rings. The van der Waals surface area contributed by atoms with Gasteiger partial charge in [0, 0.05) is 36.6 Å². The largest absolute Gasteiger partial charge is 0.372 e. The van der Waals surface area contributed by atoms with E-state index in [0.717, 1.165) is 11.8 Å². The van der Waals surface area contributed by atoms with Crippen molar-refractivity contribution in [2.75, 3.05) is 18.0 Å². The van der Waals surface area contributed by atoms with E-state index < -0.39 is 0 Å². The van der Waals surface area contributed by atoms with Crippen molar-refractivity contribution < 1.29 is 14.1 Å². The minimum absolute atomic E-state index is 0.0469. The molecule has 0 N–H and O–H groups in total. The maximum atomic E-state index is 11.8. The number of carbonyl (C=O) groups excluding carboxylic acids is 1. The number of halogens is 1. The number of hydrogen-bond donors (Lipinski definition) is 0. The number of fused-ring (bicyclic) bond motifs is 1. The highest BCUT2D eigenvalue weighted by Crippen LogP contribution is 2.40. The molecule has 134 valence electrons. The van der Waals surface area contributed by atoms with Crippen molar-refractivity contribution in [1.29, 1.82) is 0 Å². The van der Waals surface area contributed by atoms with Gasteiger partial charge in [0.15, 0.2) is 11.9 Å². The lowest BCUT2D eigenvalue weighted by molar-refractivity contribution is -0.00524. The Morgan fingerprint density at radius 3 is 2.73 bits per heavy atom. The Kier molecular flexibility index (Phi) is 4.38. The van der Waals surface area contributed by atoms with Crippen LogP contribution in [0.1, 0.15) is 24.2 Å². The van der Waals surface area contributed by atoms with E-state index in [9.17, 15) is 4.79 Å². The van der Waals surface area contributed by atoms with Gasteiger partial charge >= 0.3 is 0 Å². The summed E-state index contributed by atoms with van der Waals surface area (Å²) in [4.78, 5) is 18.0. The van der Waals surface area contributed by atoms with Gasteiger partial charge in [-0.1, -0.05) is 16.8 Å². The summed E-state index contributed by atoms with van der Waals surface area (Å²) in [6, 6.07) is 5.49. The summed E-state index contributed by atoms with van der Waals surface area (Å²) < 4.78 is 11.3. The fourth-order valence-corrected chi connectivity index (χ4v) is 3.90. The number of hydrogen-bond acceptors (Lipinski definition) is 6. The summed E-state index contributed by atoms with van der Waals surface area (Å²) in [5, 5.41) is 5.25. The molecule has 1 saturated heterocycles. The van der Waals surface area contributed by atoms with E-state index in [1.807, 2.05) is 26.0 Å². The molecule has 7 heteroatoms.